The van der Waals surface area contributed by atoms with Crippen LogP contribution in [0.15, 0.2) is 0 Å². The lowest BCUT2D eigenvalue weighted by Crippen LogP contribution is -2.47. The third-order valence-electron chi connectivity index (χ3n) is 1.57. The molecule has 0 heterocycles. The van der Waals surface area contributed by atoms with Crippen molar-refractivity contribution in [3.63, 3.8) is 0 Å². The Morgan fingerprint density at radius 1 is 1.75 bits per heavy atom. The minimum absolute atomic E-state index is 0.244. The zero-order valence-electron chi connectivity index (χ0n) is 7.17. The standard InChI is InChI=1S/C8H12ClNO2/c1-4-8(2,3)10(6-5-9)7(11)12/h1H,5-6H2,2-3H3,(H,11,12). The van der Waals surface area contributed by atoms with Gasteiger partial charge in [-0.1, -0.05) is 5.92 Å². The van der Waals surface area contributed by atoms with Gasteiger partial charge in [0.25, 0.3) is 0 Å². The highest BCUT2D eigenvalue weighted by atomic mass is 35.5. The van der Waals surface area contributed by atoms with Gasteiger partial charge in [-0.3, -0.25) is 4.90 Å². The molecule has 1 N–H and O–H groups in total. The van der Waals surface area contributed by atoms with Crippen molar-refractivity contribution in [3.05, 3.63) is 0 Å². The smallest absolute Gasteiger partial charge is 0.408 e. The molecule has 0 fully saturated rings. The molecule has 0 aliphatic rings. The van der Waals surface area contributed by atoms with Crippen LogP contribution in [0.25, 0.3) is 0 Å². The van der Waals surface area contributed by atoms with E-state index in [2.05, 4.69) is 5.92 Å². The van der Waals surface area contributed by atoms with Gasteiger partial charge in [-0.25, -0.2) is 4.79 Å². The molecule has 1 amide bonds. The van der Waals surface area contributed by atoms with E-state index in [-0.39, 0.29) is 12.4 Å². The molecule has 68 valence electrons. The average molecular weight is 190 g/mol. The van der Waals surface area contributed by atoms with Crippen LogP contribution in [0, 0.1) is 12.3 Å². The van der Waals surface area contributed by atoms with Crippen molar-refractivity contribution in [1.82, 2.24) is 4.90 Å². The van der Waals surface area contributed by atoms with Gasteiger partial charge < -0.3 is 5.11 Å². The van der Waals surface area contributed by atoms with Crippen LogP contribution >= 0.6 is 11.6 Å². The summed E-state index contributed by atoms with van der Waals surface area (Å²) in [5, 5.41) is 8.74. The van der Waals surface area contributed by atoms with Crippen molar-refractivity contribution in [2.45, 2.75) is 19.4 Å². The number of hydrogen-bond acceptors (Lipinski definition) is 1. The Hall–Kier alpha value is -0.880. The second kappa shape index (κ2) is 4.22. The molecular weight excluding hydrogens is 178 g/mol. The lowest BCUT2D eigenvalue weighted by Gasteiger charge is -2.31. The highest BCUT2D eigenvalue weighted by molar-refractivity contribution is 6.18. The Balaban J connectivity index is 4.52. The summed E-state index contributed by atoms with van der Waals surface area (Å²) in [6.07, 6.45) is 4.13. The minimum atomic E-state index is -1.04. The van der Waals surface area contributed by atoms with Crippen molar-refractivity contribution in [2.75, 3.05) is 12.4 Å². The SMILES string of the molecule is C#CC(C)(C)N(CCCl)C(=O)O. The van der Waals surface area contributed by atoms with Crippen LogP contribution in [0.4, 0.5) is 4.79 Å². The highest BCUT2D eigenvalue weighted by Crippen LogP contribution is 2.12. The zero-order valence-corrected chi connectivity index (χ0v) is 7.93. The van der Waals surface area contributed by atoms with E-state index in [9.17, 15) is 4.79 Å². The van der Waals surface area contributed by atoms with Gasteiger partial charge in [0.1, 0.15) is 5.54 Å². The van der Waals surface area contributed by atoms with Gasteiger partial charge in [0.2, 0.25) is 0 Å². The number of halogens is 1. The summed E-state index contributed by atoms with van der Waals surface area (Å²) >= 11 is 5.43. The Morgan fingerprint density at radius 2 is 2.25 bits per heavy atom. The molecule has 0 aromatic rings. The average Bonchev–Trinajstić information content (AvgIpc) is 1.99. The van der Waals surface area contributed by atoms with Crippen LogP contribution in [-0.4, -0.2) is 34.1 Å². The zero-order chi connectivity index (χ0) is 9.78. The van der Waals surface area contributed by atoms with E-state index in [0.29, 0.717) is 0 Å². The molecule has 3 nitrogen and oxygen atoms in total. The van der Waals surface area contributed by atoms with Crippen molar-refractivity contribution in [3.8, 4) is 12.3 Å². The number of carboxylic acid groups (broad SMARTS) is 1. The first-order valence-electron chi connectivity index (χ1n) is 3.50. The van der Waals surface area contributed by atoms with E-state index in [1.54, 1.807) is 13.8 Å². The molecule has 0 aliphatic heterocycles. The molecule has 0 spiro atoms. The molecule has 0 bridgehead atoms. The number of carbonyl (C=O) groups is 1. The van der Waals surface area contributed by atoms with E-state index in [4.69, 9.17) is 23.1 Å². The molecule has 0 saturated heterocycles. The Morgan fingerprint density at radius 3 is 2.50 bits per heavy atom. The summed E-state index contributed by atoms with van der Waals surface area (Å²) in [7, 11) is 0. The molecule has 0 unspecified atom stereocenters. The molecule has 0 aromatic carbocycles. The Kier molecular flexibility index (Phi) is 3.91. The maximum atomic E-state index is 10.7. The fraction of sp³-hybridized carbons (Fsp3) is 0.625. The fourth-order valence-corrected chi connectivity index (χ4v) is 0.946. The summed E-state index contributed by atoms with van der Waals surface area (Å²) in [6, 6.07) is 0. The van der Waals surface area contributed by atoms with Crippen LogP contribution < -0.4 is 0 Å². The molecule has 12 heavy (non-hydrogen) atoms. The van der Waals surface area contributed by atoms with E-state index in [1.807, 2.05) is 0 Å². The minimum Gasteiger partial charge on any atom is -0.465 e. The van der Waals surface area contributed by atoms with Gasteiger partial charge in [-0.2, -0.15) is 0 Å². The summed E-state index contributed by atoms with van der Waals surface area (Å²) in [6.45, 7) is 3.56. The van der Waals surface area contributed by atoms with Crippen molar-refractivity contribution in [2.24, 2.45) is 0 Å². The Bertz CT molecular complexity index is 208. The third kappa shape index (κ3) is 2.63. The molecule has 0 atom stereocenters. The lowest BCUT2D eigenvalue weighted by atomic mass is 10.1. The van der Waals surface area contributed by atoms with E-state index >= 15 is 0 Å². The first-order valence-corrected chi connectivity index (χ1v) is 4.03. The second-order valence-electron chi connectivity index (χ2n) is 2.83. The van der Waals surface area contributed by atoms with Crippen molar-refractivity contribution >= 4 is 17.7 Å². The van der Waals surface area contributed by atoms with E-state index < -0.39 is 11.6 Å². The monoisotopic (exact) mass is 189 g/mol. The van der Waals surface area contributed by atoms with Gasteiger partial charge >= 0.3 is 6.09 Å². The quantitative estimate of drug-likeness (QED) is 0.542. The lowest BCUT2D eigenvalue weighted by molar-refractivity contribution is 0.118. The number of rotatable bonds is 3. The van der Waals surface area contributed by atoms with Crippen LogP contribution in [-0.2, 0) is 0 Å². The van der Waals surface area contributed by atoms with Crippen LogP contribution in [0.5, 0.6) is 0 Å². The highest BCUT2D eigenvalue weighted by Gasteiger charge is 2.27. The first kappa shape index (κ1) is 11.1. The summed E-state index contributed by atoms with van der Waals surface area (Å²) in [5.74, 6) is 2.64. The molecule has 0 saturated carbocycles. The maximum absolute atomic E-state index is 10.7. The summed E-state index contributed by atoms with van der Waals surface area (Å²) in [4.78, 5) is 11.8. The fourth-order valence-electron chi connectivity index (χ4n) is 0.777. The molecule has 0 aliphatic carbocycles. The number of terminal acetylenes is 1. The van der Waals surface area contributed by atoms with Gasteiger partial charge in [-0.05, 0) is 13.8 Å². The molecular formula is C8H12ClNO2. The predicted octanol–water partition coefficient (Wildman–Crippen LogP) is 1.62. The van der Waals surface area contributed by atoms with Crippen molar-refractivity contribution < 1.29 is 9.90 Å². The molecule has 0 rings (SSSR count). The molecule has 4 heteroatoms. The topological polar surface area (TPSA) is 40.5 Å². The predicted molar refractivity (Wildman–Crippen MR) is 48.4 cm³/mol. The third-order valence-corrected chi connectivity index (χ3v) is 1.74. The van der Waals surface area contributed by atoms with Gasteiger partial charge in [0.15, 0.2) is 0 Å². The normalized spacial score (nSPS) is 10.5. The summed E-state index contributed by atoms with van der Waals surface area (Å²) in [5.41, 5.74) is -0.791. The largest absolute Gasteiger partial charge is 0.465 e. The second-order valence-corrected chi connectivity index (χ2v) is 3.20. The van der Waals surface area contributed by atoms with E-state index in [1.165, 1.54) is 0 Å². The van der Waals surface area contributed by atoms with Crippen LogP contribution in [0.1, 0.15) is 13.8 Å². The number of nitrogens with zero attached hydrogens (tertiary/aromatic N) is 1. The molecule has 0 aromatic heterocycles. The summed E-state index contributed by atoms with van der Waals surface area (Å²) < 4.78 is 0. The number of amides is 1. The number of alkyl halides is 1. The van der Waals surface area contributed by atoms with Gasteiger partial charge in [0, 0.05) is 12.4 Å². The van der Waals surface area contributed by atoms with Crippen LogP contribution in [0.2, 0.25) is 0 Å². The maximum Gasteiger partial charge on any atom is 0.408 e. The Labute approximate surface area is 77.3 Å². The first-order chi connectivity index (χ1) is 5.45. The van der Waals surface area contributed by atoms with Gasteiger partial charge in [-0.15, -0.1) is 18.0 Å². The van der Waals surface area contributed by atoms with Gasteiger partial charge in [0.05, 0.1) is 0 Å². The molecule has 0 radical (unpaired) electrons. The van der Waals surface area contributed by atoms with E-state index in [0.717, 1.165) is 4.90 Å². The number of hydrogen-bond donors (Lipinski definition) is 1. The van der Waals surface area contributed by atoms with Crippen molar-refractivity contribution in [1.29, 1.82) is 0 Å². The van der Waals surface area contributed by atoms with Crippen LogP contribution in [0.3, 0.4) is 0 Å².